The number of carboxylic acid groups (broad SMARTS) is 1. The van der Waals surface area contributed by atoms with Crippen LogP contribution < -0.4 is 0 Å². The van der Waals surface area contributed by atoms with Crippen molar-refractivity contribution in [1.29, 1.82) is 0 Å². The van der Waals surface area contributed by atoms with Crippen molar-refractivity contribution in [2.75, 3.05) is 13.1 Å². The molecular weight excluding hydrogens is 411 g/mol. The summed E-state index contributed by atoms with van der Waals surface area (Å²) < 4.78 is 15.2. The highest BCUT2D eigenvalue weighted by Gasteiger charge is 2.45. The number of hydrogen-bond donors (Lipinski definition) is 1. The van der Waals surface area contributed by atoms with Gasteiger partial charge in [-0.15, -0.1) is 0 Å². The van der Waals surface area contributed by atoms with Crippen LogP contribution in [0.2, 0.25) is 0 Å². The molecule has 3 heterocycles. The predicted octanol–water partition coefficient (Wildman–Crippen LogP) is 3.99. The maximum absolute atomic E-state index is 13.2. The van der Waals surface area contributed by atoms with E-state index in [1.54, 1.807) is 12.1 Å². The molecular formula is C24H31FN4O3. The Morgan fingerprint density at radius 2 is 2.00 bits per heavy atom. The van der Waals surface area contributed by atoms with Gasteiger partial charge >= 0.3 is 5.97 Å². The smallest absolute Gasteiger partial charge is 0.309 e. The second-order valence-electron chi connectivity index (χ2n) is 9.02. The van der Waals surface area contributed by atoms with Gasteiger partial charge in [-0.2, -0.15) is 5.10 Å². The van der Waals surface area contributed by atoms with E-state index in [2.05, 4.69) is 29.0 Å². The molecule has 1 atom stereocenters. The molecule has 0 radical (unpaired) electrons. The third-order valence-corrected chi connectivity index (χ3v) is 6.83. The van der Waals surface area contributed by atoms with Crippen LogP contribution in [0.15, 0.2) is 35.6 Å². The van der Waals surface area contributed by atoms with Crippen LogP contribution in [0, 0.1) is 18.2 Å². The number of rotatable bonds is 8. The maximum Gasteiger partial charge on any atom is 0.309 e. The third-order valence-electron chi connectivity index (χ3n) is 6.83. The van der Waals surface area contributed by atoms with Gasteiger partial charge in [0, 0.05) is 37.2 Å². The van der Waals surface area contributed by atoms with Crippen molar-refractivity contribution in [2.45, 2.75) is 65.1 Å². The van der Waals surface area contributed by atoms with E-state index in [0.717, 1.165) is 43.9 Å². The molecule has 0 saturated carbocycles. The maximum atomic E-state index is 13.2. The molecule has 0 bridgehead atoms. The first-order valence-corrected chi connectivity index (χ1v) is 11.4. The molecule has 1 aromatic heterocycles. The van der Waals surface area contributed by atoms with Gasteiger partial charge in [0.2, 0.25) is 0 Å². The van der Waals surface area contributed by atoms with E-state index < -0.39 is 11.4 Å². The van der Waals surface area contributed by atoms with Crippen LogP contribution in [0.5, 0.6) is 0 Å². The minimum Gasteiger partial charge on any atom is -0.481 e. The van der Waals surface area contributed by atoms with Crippen molar-refractivity contribution in [3.05, 3.63) is 53.1 Å². The van der Waals surface area contributed by atoms with E-state index >= 15 is 0 Å². The van der Waals surface area contributed by atoms with Crippen molar-refractivity contribution in [3.63, 3.8) is 0 Å². The standard InChI is InChI=1S/C24H31FN4O3/c1-3-10-29-17(2)19(15-26-29)16-28-11-8-24(9-12-28,23(30)31)14-21-13-22(27-32-21)18-4-6-20(25)7-5-18/h4-7,15,21H,3,8-14,16H2,1-2H3,(H,30,31)/t21-/m0/s1. The third kappa shape index (κ3) is 4.70. The Labute approximate surface area is 187 Å². The first-order chi connectivity index (χ1) is 15.4. The molecule has 1 aromatic carbocycles. The molecule has 0 unspecified atom stereocenters. The molecule has 1 saturated heterocycles. The number of carboxylic acids is 1. The summed E-state index contributed by atoms with van der Waals surface area (Å²) in [5, 5.41) is 18.7. The number of benzene rings is 1. The molecule has 4 rings (SSSR count). The van der Waals surface area contributed by atoms with Crippen molar-refractivity contribution < 1.29 is 19.1 Å². The summed E-state index contributed by atoms with van der Waals surface area (Å²) >= 11 is 0. The fraction of sp³-hybridized carbons (Fsp3) is 0.542. The Kier molecular flexibility index (Phi) is 6.60. The molecule has 2 aliphatic heterocycles. The lowest BCUT2D eigenvalue weighted by molar-refractivity contribution is -0.155. The quantitative estimate of drug-likeness (QED) is 0.669. The topological polar surface area (TPSA) is 80.0 Å². The minimum absolute atomic E-state index is 0.271. The van der Waals surface area contributed by atoms with Gasteiger partial charge in [0.1, 0.15) is 11.9 Å². The summed E-state index contributed by atoms with van der Waals surface area (Å²) in [6.07, 6.45) is 4.84. The molecule has 0 spiro atoms. The van der Waals surface area contributed by atoms with E-state index in [4.69, 9.17) is 4.84 Å². The zero-order chi connectivity index (χ0) is 22.7. The first-order valence-electron chi connectivity index (χ1n) is 11.4. The lowest BCUT2D eigenvalue weighted by Gasteiger charge is -2.39. The highest BCUT2D eigenvalue weighted by atomic mass is 19.1. The highest BCUT2D eigenvalue weighted by molar-refractivity contribution is 6.01. The number of aryl methyl sites for hydroxylation is 1. The number of nitrogens with zero attached hydrogens (tertiary/aromatic N) is 4. The molecule has 7 nitrogen and oxygen atoms in total. The number of likely N-dealkylation sites (tertiary alicyclic amines) is 1. The average molecular weight is 443 g/mol. The van der Waals surface area contributed by atoms with E-state index in [1.165, 1.54) is 23.4 Å². The average Bonchev–Trinajstić information content (AvgIpc) is 3.38. The van der Waals surface area contributed by atoms with E-state index in [0.29, 0.717) is 25.7 Å². The number of carbonyl (C=O) groups is 1. The summed E-state index contributed by atoms with van der Waals surface area (Å²) in [6.45, 7) is 7.39. The molecule has 0 aliphatic carbocycles. The zero-order valence-corrected chi connectivity index (χ0v) is 18.8. The highest BCUT2D eigenvalue weighted by Crippen LogP contribution is 2.39. The summed E-state index contributed by atoms with van der Waals surface area (Å²) in [4.78, 5) is 20.2. The van der Waals surface area contributed by atoms with Gasteiger partial charge in [0.25, 0.3) is 0 Å². The van der Waals surface area contributed by atoms with E-state index in [-0.39, 0.29) is 11.9 Å². The number of aliphatic carboxylic acids is 1. The normalized spacial score (nSPS) is 20.7. The lowest BCUT2D eigenvalue weighted by Crippen LogP contribution is -2.45. The summed E-state index contributed by atoms with van der Waals surface area (Å²) in [6, 6.07) is 6.15. The second-order valence-corrected chi connectivity index (χ2v) is 9.02. The fourth-order valence-electron chi connectivity index (χ4n) is 4.75. The van der Waals surface area contributed by atoms with Gasteiger partial charge in [-0.3, -0.25) is 14.4 Å². The van der Waals surface area contributed by atoms with Crippen molar-refractivity contribution in [2.24, 2.45) is 10.6 Å². The van der Waals surface area contributed by atoms with Crippen LogP contribution in [-0.2, 0) is 22.7 Å². The van der Waals surface area contributed by atoms with Crippen LogP contribution in [-0.4, -0.2) is 50.7 Å². The van der Waals surface area contributed by atoms with Crippen LogP contribution in [0.4, 0.5) is 4.39 Å². The van der Waals surface area contributed by atoms with E-state index in [1.807, 2.05) is 10.9 Å². The van der Waals surface area contributed by atoms with Gasteiger partial charge in [-0.1, -0.05) is 24.2 Å². The van der Waals surface area contributed by atoms with Crippen molar-refractivity contribution >= 4 is 11.7 Å². The van der Waals surface area contributed by atoms with Gasteiger partial charge in [-0.05, 0) is 57.0 Å². The molecule has 1 fully saturated rings. The zero-order valence-electron chi connectivity index (χ0n) is 18.8. The number of aromatic nitrogens is 2. The van der Waals surface area contributed by atoms with Crippen LogP contribution in [0.3, 0.4) is 0 Å². The summed E-state index contributed by atoms with van der Waals surface area (Å²) in [5.74, 6) is -1.06. The van der Waals surface area contributed by atoms with Crippen LogP contribution in [0.25, 0.3) is 0 Å². The van der Waals surface area contributed by atoms with Crippen LogP contribution in [0.1, 0.15) is 55.8 Å². The molecule has 2 aliphatic rings. The minimum atomic E-state index is -0.809. The lowest BCUT2D eigenvalue weighted by atomic mass is 9.73. The first kappa shape index (κ1) is 22.5. The second kappa shape index (κ2) is 9.40. The summed E-state index contributed by atoms with van der Waals surface area (Å²) in [7, 11) is 0. The van der Waals surface area contributed by atoms with Gasteiger partial charge < -0.3 is 9.94 Å². The van der Waals surface area contributed by atoms with Crippen molar-refractivity contribution in [1.82, 2.24) is 14.7 Å². The van der Waals surface area contributed by atoms with E-state index in [9.17, 15) is 14.3 Å². The van der Waals surface area contributed by atoms with Gasteiger partial charge in [-0.25, -0.2) is 4.39 Å². The molecule has 172 valence electrons. The predicted molar refractivity (Wildman–Crippen MR) is 119 cm³/mol. The number of halogens is 1. The van der Waals surface area contributed by atoms with Crippen molar-refractivity contribution in [3.8, 4) is 0 Å². The molecule has 8 heteroatoms. The van der Waals surface area contributed by atoms with Crippen LogP contribution >= 0.6 is 0 Å². The largest absolute Gasteiger partial charge is 0.481 e. The molecule has 2 aromatic rings. The SMILES string of the molecule is CCCn1ncc(CN2CCC(C[C@@H]3CC(c4ccc(F)cc4)=NO3)(C(=O)O)CC2)c1C. The molecule has 0 amide bonds. The Bertz CT molecular complexity index is 978. The Morgan fingerprint density at radius 3 is 2.66 bits per heavy atom. The summed E-state index contributed by atoms with van der Waals surface area (Å²) in [5.41, 5.74) is 3.14. The number of piperidine rings is 1. The molecule has 1 N–H and O–H groups in total. The Morgan fingerprint density at radius 1 is 1.28 bits per heavy atom. The Balaban J connectivity index is 1.34. The number of oxime groups is 1. The van der Waals surface area contributed by atoms with Gasteiger partial charge in [0.15, 0.2) is 0 Å². The molecule has 32 heavy (non-hydrogen) atoms. The monoisotopic (exact) mass is 442 g/mol. The Hall–Kier alpha value is -2.74. The van der Waals surface area contributed by atoms with Gasteiger partial charge in [0.05, 0.1) is 17.3 Å². The fourth-order valence-corrected chi connectivity index (χ4v) is 4.75. The number of hydrogen-bond acceptors (Lipinski definition) is 5.